The minimum Gasteiger partial charge on any atom is -0.472 e. The molecule has 27 heavy (non-hydrogen) atoms. The summed E-state index contributed by atoms with van der Waals surface area (Å²) in [6.45, 7) is 0.649. The van der Waals surface area contributed by atoms with Crippen LogP contribution >= 0.6 is 0 Å². The standard InChI is InChI=1S/C17H18F3N5O2/c18-17(19,20)13-7-11(9-21)8-14(24-13)27-12-3-1-6-25(10-12)16(26)15-22-4-2-5-23-15/h2,4-5,7-8,12H,1,3,6,9-10,21H2/t12-/m0/s1. The third-order valence-electron chi connectivity index (χ3n) is 4.10. The van der Waals surface area contributed by atoms with Crippen molar-refractivity contribution in [1.82, 2.24) is 19.9 Å². The fourth-order valence-corrected chi connectivity index (χ4v) is 2.82. The van der Waals surface area contributed by atoms with E-state index < -0.39 is 18.0 Å². The molecule has 3 rings (SSSR count). The molecule has 1 fully saturated rings. The monoisotopic (exact) mass is 381 g/mol. The van der Waals surface area contributed by atoms with E-state index in [1.165, 1.54) is 23.4 Å². The summed E-state index contributed by atoms with van der Waals surface area (Å²) in [6.07, 6.45) is -0.893. The minimum atomic E-state index is -4.59. The predicted octanol–water partition coefficient (Wildman–Crippen LogP) is 2.03. The van der Waals surface area contributed by atoms with Crippen molar-refractivity contribution in [3.8, 4) is 5.88 Å². The van der Waals surface area contributed by atoms with Crippen LogP contribution in [0.1, 0.15) is 34.7 Å². The molecule has 3 heterocycles. The lowest BCUT2D eigenvalue weighted by Gasteiger charge is -2.32. The van der Waals surface area contributed by atoms with E-state index in [1.54, 1.807) is 6.07 Å². The molecule has 0 aliphatic carbocycles. The van der Waals surface area contributed by atoms with Gasteiger partial charge in [0.2, 0.25) is 11.7 Å². The fraction of sp³-hybridized carbons (Fsp3) is 0.412. The molecular weight excluding hydrogens is 363 g/mol. The zero-order valence-corrected chi connectivity index (χ0v) is 14.3. The number of aromatic nitrogens is 3. The molecule has 0 spiro atoms. The van der Waals surface area contributed by atoms with E-state index in [1.807, 2.05) is 0 Å². The molecule has 0 saturated carbocycles. The second-order valence-electron chi connectivity index (χ2n) is 6.11. The van der Waals surface area contributed by atoms with Gasteiger partial charge in [-0.3, -0.25) is 4.79 Å². The summed E-state index contributed by atoms with van der Waals surface area (Å²) < 4.78 is 44.6. The topological polar surface area (TPSA) is 94.2 Å². The highest BCUT2D eigenvalue weighted by atomic mass is 19.4. The van der Waals surface area contributed by atoms with Crippen molar-refractivity contribution >= 4 is 5.91 Å². The third-order valence-corrected chi connectivity index (χ3v) is 4.10. The number of hydrogen-bond acceptors (Lipinski definition) is 6. The molecule has 144 valence electrons. The highest BCUT2D eigenvalue weighted by Crippen LogP contribution is 2.30. The maximum atomic E-state index is 13.0. The van der Waals surface area contributed by atoms with Gasteiger partial charge in [0.15, 0.2) is 0 Å². The van der Waals surface area contributed by atoms with Crippen LogP contribution < -0.4 is 10.5 Å². The Balaban J connectivity index is 1.73. The third kappa shape index (κ3) is 4.70. The molecule has 1 atom stereocenters. The summed E-state index contributed by atoms with van der Waals surface area (Å²) in [4.78, 5) is 25.4. The molecule has 1 aliphatic rings. The summed E-state index contributed by atoms with van der Waals surface area (Å²) in [5, 5.41) is 0. The molecular formula is C17H18F3N5O2. The number of nitrogens with two attached hydrogens (primary N) is 1. The largest absolute Gasteiger partial charge is 0.472 e. The molecule has 1 aliphatic heterocycles. The van der Waals surface area contributed by atoms with E-state index in [9.17, 15) is 18.0 Å². The zero-order valence-electron chi connectivity index (χ0n) is 14.3. The number of nitrogens with zero attached hydrogens (tertiary/aromatic N) is 4. The van der Waals surface area contributed by atoms with Crippen LogP contribution in [0, 0.1) is 0 Å². The summed E-state index contributed by atoms with van der Waals surface area (Å²) in [5.74, 6) is -0.426. The number of halogens is 3. The van der Waals surface area contributed by atoms with Gasteiger partial charge in [0.1, 0.15) is 11.8 Å². The van der Waals surface area contributed by atoms with Crippen molar-refractivity contribution in [1.29, 1.82) is 0 Å². The van der Waals surface area contributed by atoms with Crippen molar-refractivity contribution in [3.05, 3.63) is 47.7 Å². The van der Waals surface area contributed by atoms with Gasteiger partial charge in [-0.2, -0.15) is 13.2 Å². The lowest BCUT2D eigenvalue weighted by Crippen LogP contribution is -2.45. The van der Waals surface area contributed by atoms with Gasteiger partial charge in [-0.1, -0.05) is 0 Å². The summed E-state index contributed by atoms with van der Waals surface area (Å²) in [7, 11) is 0. The fourth-order valence-electron chi connectivity index (χ4n) is 2.82. The van der Waals surface area contributed by atoms with Crippen molar-refractivity contribution in [2.75, 3.05) is 13.1 Å². The van der Waals surface area contributed by atoms with Crippen LogP contribution in [0.5, 0.6) is 5.88 Å². The van der Waals surface area contributed by atoms with Crippen LogP contribution in [-0.4, -0.2) is 45.0 Å². The summed E-state index contributed by atoms with van der Waals surface area (Å²) in [5.41, 5.74) is 4.69. The van der Waals surface area contributed by atoms with E-state index in [-0.39, 0.29) is 36.3 Å². The second-order valence-corrected chi connectivity index (χ2v) is 6.11. The van der Waals surface area contributed by atoms with Crippen molar-refractivity contribution < 1.29 is 22.7 Å². The van der Waals surface area contributed by atoms with Gasteiger partial charge in [-0.15, -0.1) is 0 Å². The SMILES string of the molecule is NCc1cc(O[C@H]2CCCN(C(=O)c3ncccn3)C2)nc(C(F)(F)F)c1. The lowest BCUT2D eigenvalue weighted by atomic mass is 10.1. The van der Waals surface area contributed by atoms with Crippen LogP contribution in [0.2, 0.25) is 0 Å². The normalized spacial score (nSPS) is 17.6. The van der Waals surface area contributed by atoms with Crippen LogP contribution in [0.4, 0.5) is 13.2 Å². The first-order valence-corrected chi connectivity index (χ1v) is 8.38. The van der Waals surface area contributed by atoms with Crippen LogP contribution in [0.15, 0.2) is 30.6 Å². The Morgan fingerprint density at radius 1 is 1.30 bits per heavy atom. The molecule has 0 unspecified atom stereocenters. The van der Waals surface area contributed by atoms with Gasteiger partial charge in [0.25, 0.3) is 5.91 Å². The first-order chi connectivity index (χ1) is 12.9. The molecule has 1 saturated heterocycles. The summed E-state index contributed by atoms with van der Waals surface area (Å²) in [6, 6.07) is 3.89. The van der Waals surface area contributed by atoms with E-state index in [2.05, 4.69) is 15.0 Å². The molecule has 2 N–H and O–H groups in total. The number of carbonyl (C=O) groups excluding carboxylic acids is 1. The second kappa shape index (κ2) is 7.87. The van der Waals surface area contributed by atoms with Gasteiger partial charge in [0.05, 0.1) is 6.54 Å². The number of amides is 1. The van der Waals surface area contributed by atoms with Crippen molar-refractivity contribution in [2.45, 2.75) is 31.7 Å². The van der Waals surface area contributed by atoms with Gasteiger partial charge in [-0.25, -0.2) is 15.0 Å². The molecule has 2 aromatic heterocycles. The lowest BCUT2D eigenvalue weighted by molar-refractivity contribution is -0.141. The highest BCUT2D eigenvalue weighted by Gasteiger charge is 2.34. The Kier molecular flexibility index (Phi) is 5.54. The average molecular weight is 381 g/mol. The first kappa shape index (κ1) is 19.0. The molecule has 1 amide bonds. The van der Waals surface area contributed by atoms with Gasteiger partial charge < -0.3 is 15.4 Å². The Morgan fingerprint density at radius 3 is 2.70 bits per heavy atom. The number of hydrogen-bond donors (Lipinski definition) is 1. The van der Waals surface area contributed by atoms with E-state index in [4.69, 9.17) is 10.5 Å². The van der Waals surface area contributed by atoms with E-state index in [0.717, 1.165) is 6.07 Å². The van der Waals surface area contributed by atoms with Gasteiger partial charge in [0, 0.05) is 31.5 Å². The Labute approximate surface area is 153 Å². The molecule has 10 heteroatoms. The Hall–Kier alpha value is -2.75. The molecule has 2 aromatic rings. The number of ether oxygens (including phenoxy) is 1. The minimum absolute atomic E-state index is 0.0669. The average Bonchev–Trinajstić information content (AvgIpc) is 2.67. The molecule has 7 nitrogen and oxygen atoms in total. The smallest absolute Gasteiger partial charge is 0.433 e. The van der Waals surface area contributed by atoms with Crippen LogP contribution in [0.3, 0.4) is 0 Å². The summed E-state index contributed by atoms with van der Waals surface area (Å²) >= 11 is 0. The molecule has 0 aromatic carbocycles. The van der Waals surface area contributed by atoms with E-state index in [0.29, 0.717) is 19.4 Å². The maximum absolute atomic E-state index is 13.0. The quantitative estimate of drug-likeness (QED) is 0.871. The maximum Gasteiger partial charge on any atom is 0.433 e. The number of piperidine rings is 1. The van der Waals surface area contributed by atoms with Crippen molar-refractivity contribution in [3.63, 3.8) is 0 Å². The number of carbonyl (C=O) groups is 1. The number of rotatable bonds is 4. The van der Waals surface area contributed by atoms with Crippen molar-refractivity contribution in [2.24, 2.45) is 5.73 Å². The van der Waals surface area contributed by atoms with E-state index >= 15 is 0 Å². The van der Waals surface area contributed by atoms with Gasteiger partial charge in [-0.05, 0) is 30.5 Å². The first-order valence-electron chi connectivity index (χ1n) is 8.38. The number of pyridine rings is 1. The highest BCUT2D eigenvalue weighted by molar-refractivity contribution is 5.90. The number of likely N-dealkylation sites (tertiary alicyclic amines) is 1. The molecule has 0 bridgehead atoms. The Morgan fingerprint density at radius 2 is 2.04 bits per heavy atom. The zero-order chi connectivity index (χ0) is 19.4. The van der Waals surface area contributed by atoms with Crippen LogP contribution in [0.25, 0.3) is 0 Å². The molecule has 0 radical (unpaired) electrons. The number of alkyl halides is 3. The van der Waals surface area contributed by atoms with Crippen LogP contribution in [-0.2, 0) is 12.7 Å². The Bertz CT molecular complexity index is 801. The van der Waals surface area contributed by atoms with Gasteiger partial charge >= 0.3 is 6.18 Å². The predicted molar refractivity (Wildman–Crippen MR) is 88.7 cm³/mol.